The number of hydrogen-bond donors (Lipinski definition) is 2. The molecule has 0 aliphatic heterocycles. The van der Waals surface area contributed by atoms with Gasteiger partial charge in [-0.25, -0.2) is 9.78 Å². The minimum atomic E-state index is -0.437. The minimum absolute atomic E-state index is 0.0919. The highest BCUT2D eigenvalue weighted by molar-refractivity contribution is 5.94. The lowest BCUT2D eigenvalue weighted by Crippen LogP contribution is -2.37. The first-order valence-corrected chi connectivity index (χ1v) is 8.00. The Labute approximate surface area is 138 Å². The van der Waals surface area contributed by atoms with Gasteiger partial charge in [-0.1, -0.05) is 6.42 Å². The fourth-order valence-electron chi connectivity index (χ4n) is 3.43. The standard InChI is InChI=1S/C16H21N5O3/c1-20-13-12(15(23)21(2)16(20)24)6-10(8-18-13)19-14(22)11-5-3-4-9(11)7-17/h6,8-9,11H,3-5,7,17H2,1-2H3,(H,19,22)/t9-,11-/m1/s1. The lowest BCUT2D eigenvalue weighted by atomic mass is 9.95. The molecule has 3 rings (SSSR count). The van der Waals surface area contributed by atoms with Gasteiger partial charge in [0.15, 0.2) is 0 Å². The molecule has 8 heteroatoms. The van der Waals surface area contributed by atoms with Crippen LogP contribution in [0.1, 0.15) is 19.3 Å². The van der Waals surface area contributed by atoms with Crippen LogP contribution in [0.3, 0.4) is 0 Å². The lowest BCUT2D eigenvalue weighted by molar-refractivity contribution is -0.120. The fraction of sp³-hybridized carbons (Fsp3) is 0.500. The molecule has 0 saturated heterocycles. The number of amides is 1. The summed E-state index contributed by atoms with van der Waals surface area (Å²) < 4.78 is 2.33. The monoisotopic (exact) mass is 331 g/mol. The number of hydrogen-bond acceptors (Lipinski definition) is 5. The van der Waals surface area contributed by atoms with Gasteiger partial charge >= 0.3 is 5.69 Å². The summed E-state index contributed by atoms with van der Waals surface area (Å²) in [7, 11) is 2.97. The first-order valence-electron chi connectivity index (χ1n) is 8.00. The highest BCUT2D eigenvalue weighted by atomic mass is 16.2. The third-order valence-corrected chi connectivity index (χ3v) is 4.86. The lowest BCUT2D eigenvalue weighted by Gasteiger charge is -2.17. The van der Waals surface area contributed by atoms with Crippen LogP contribution < -0.4 is 22.3 Å². The van der Waals surface area contributed by atoms with E-state index in [1.165, 1.54) is 17.8 Å². The molecule has 0 unspecified atom stereocenters. The molecule has 1 aliphatic rings. The molecule has 2 atom stereocenters. The van der Waals surface area contributed by atoms with Gasteiger partial charge in [-0.15, -0.1) is 0 Å². The summed E-state index contributed by atoms with van der Waals surface area (Å²) in [6.07, 6.45) is 4.25. The zero-order valence-corrected chi connectivity index (χ0v) is 13.8. The Morgan fingerprint density at radius 1 is 1.33 bits per heavy atom. The van der Waals surface area contributed by atoms with Gasteiger partial charge in [0, 0.05) is 20.0 Å². The van der Waals surface area contributed by atoms with Gasteiger partial charge < -0.3 is 11.1 Å². The van der Waals surface area contributed by atoms with E-state index in [0.29, 0.717) is 23.3 Å². The molecule has 3 N–H and O–H groups in total. The molecular formula is C16H21N5O3. The summed E-state index contributed by atoms with van der Waals surface area (Å²) in [6.45, 7) is 0.497. The van der Waals surface area contributed by atoms with Crippen LogP contribution in [0.15, 0.2) is 21.9 Å². The van der Waals surface area contributed by atoms with Crippen molar-refractivity contribution in [3.8, 4) is 0 Å². The van der Waals surface area contributed by atoms with Crippen molar-refractivity contribution in [1.82, 2.24) is 14.1 Å². The summed E-state index contributed by atoms with van der Waals surface area (Å²) in [5, 5.41) is 3.12. The molecule has 1 saturated carbocycles. The number of pyridine rings is 1. The van der Waals surface area contributed by atoms with E-state index < -0.39 is 11.2 Å². The Balaban J connectivity index is 1.96. The quantitative estimate of drug-likeness (QED) is 0.819. The van der Waals surface area contributed by atoms with Crippen molar-refractivity contribution < 1.29 is 4.79 Å². The SMILES string of the molecule is Cn1c(=O)c2cc(NC(=O)[C@@H]3CCC[C@@H]3CN)cnc2n(C)c1=O. The van der Waals surface area contributed by atoms with Gasteiger partial charge in [0.1, 0.15) is 5.65 Å². The van der Waals surface area contributed by atoms with E-state index in [-0.39, 0.29) is 17.7 Å². The Kier molecular flexibility index (Phi) is 4.23. The second-order valence-electron chi connectivity index (χ2n) is 6.32. The first-order chi connectivity index (χ1) is 11.4. The van der Waals surface area contributed by atoms with Crippen molar-refractivity contribution in [3.05, 3.63) is 33.1 Å². The number of carbonyl (C=O) groups excluding carboxylic acids is 1. The van der Waals surface area contributed by atoms with E-state index in [0.717, 1.165) is 23.8 Å². The second kappa shape index (κ2) is 6.20. The van der Waals surface area contributed by atoms with Crippen LogP contribution in [0.25, 0.3) is 11.0 Å². The van der Waals surface area contributed by atoms with Crippen molar-refractivity contribution in [3.63, 3.8) is 0 Å². The maximum Gasteiger partial charge on any atom is 0.332 e. The number of rotatable bonds is 3. The third kappa shape index (κ3) is 2.62. The molecule has 0 radical (unpaired) electrons. The van der Waals surface area contributed by atoms with Crippen LogP contribution in [0, 0.1) is 11.8 Å². The number of nitrogens with two attached hydrogens (primary N) is 1. The Hall–Kier alpha value is -2.48. The van der Waals surface area contributed by atoms with E-state index in [9.17, 15) is 14.4 Å². The number of nitrogens with zero attached hydrogens (tertiary/aromatic N) is 3. The summed E-state index contributed by atoms with van der Waals surface area (Å²) >= 11 is 0. The molecule has 1 amide bonds. The smallest absolute Gasteiger partial charge is 0.330 e. The van der Waals surface area contributed by atoms with Gasteiger partial charge in [-0.3, -0.25) is 18.7 Å². The van der Waals surface area contributed by atoms with Gasteiger partial charge in [-0.2, -0.15) is 0 Å². The average molecular weight is 331 g/mol. The molecule has 2 heterocycles. The number of carbonyl (C=O) groups is 1. The summed E-state index contributed by atoms with van der Waals surface area (Å²) in [6, 6.07) is 1.56. The van der Waals surface area contributed by atoms with E-state index in [1.54, 1.807) is 13.1 Å². The van der Waals surface area contributed by atoms with E-state index >= 15 is 0 Å². The number of aryl methyl sites for hydroxylation is 1. The van der Waals surface area contributed by atoms with Crippen LogP contribution in [-0.4, -0.2) is 26.6 Å². The Morgan fingerprint density at radius 2 is 2.08 bits per heavy atom. The molecule has 24 heavy (non-hydrogen) atoms. The van der Waals surface area contributed by atoms with Crippen LogP contribution in [-0.2, 0) is 18.9 Å². The zero-order valence-electron chi connectivity index (χ0n) is 13.8. The maximum absolute atomic E-state index is 12.5. The van der Waals surface area contributed by atoms with Crippen molar-refractivity contribution in [2.24, 2.45) is 31.7 Å². The highest BCUT2D eigenvalue weighted by Crippen LogP contribution is 2.31. The summed E-state index contributed by atoms with van der Waals surface area (Å²) in [5.74, 6) is 0.00603. The Bertz CT molecular complexity index is 914. The van der Waals surface area contributed by atoms with E-state index in [4.69, 9.17) is 5.73 Å². The highest BCUT2D eigenvalue weighted by Gasteiger charge is 2.32. The van der Waals surface area contributed by atoms with Crippen molar-refractivity contribution in [2.75, 3.05) is 11.9 Å². The maximum atomic E-state index is 12.5. The molecule has 2 aromatic rings. The predicted molar refractivity (Wildman–Crippen MR) is 90.7 cm³/mol. The van der Waals surface area contributed by atoms with Crippen LogP contribution >= 0.6 is 0 Å². The molecule has 1 aliphatic carbocycles. The normalized spacial score (nSPS) is 20.5. The van der Waals surface area contributed by atoms with E-state index in [1.807, 2.05) is 0 Å². The molecule has 0 spiro atoms. The number of anilines is 1. The zero-order chi connectivity index (χ0) is 17.4. The molecule has 128 valence electrons. The summed E-state index contributed by atoms with van der Waals surface area (Å²) in [4.78, 5) is 40.8. The van der Waals surface area contributed by atoms with Gasteiger partial charge in [0.2, 0.25) is 5.91 Å². The van der Waals surface area contributed by atoms with Gasteiger partial charge in [0.05, 0.1) is 17.3 Å². The summed E-state index contributed by atoms with van der Waals surface area (Å²) in [5.41, 5.74) is 5.60. The predicted octanol–water partition coefficient (Wildman–Crippen LogP) is -0.0543. The number of nitrogens with one attached hydrogen (secondary N) is 1. The molecule has 0 aromatic carbocycles. The third-order valence-electron chi connectivity index (χ3n) is 4.86. The van der Waals surface area contributed by atoms with Crippen LogP contribution in [0.4, 0.5) is 5.69 Å². The Morgan fingerprint density at radius 3 is 2.79 bits per heavy atom. The molecule has 8 nitrogen and oxygen atoms in total. The largest absolute Gasteiger partial charge is 0.332 e. The average Bonchev–Trinajstić information content (AvgIpc) is 3.07. The van der Waals surface area contributed by atoms with Crippen molar-refractivity contribution in [2.45, 2.75) is 19.3 Å². The van der Waals surface area contributed by atoms with Crippen LogP contribution in [0.2, 0.25) is 0 Å². The van der Waals surface area contributed by atoms with Crippen molar-refractivity contribution >= 4 is 22.6 Å². The molecule has 1 fully saturated rings. The number of fused-ring (bicyclic) bond motifs is 1. The fourth-order valence-corrected chi connectivity index (χ4v) is 3.43. The topological polar surface area (TPSA) is 112 Å². The second-order valence-corrected chi connectivity index (χ2v) is 6.32. The molecule has 0 bridgehead atoms. The van der Waals surface area contributed by atoms with Crippen LogP contribution in [0.5, 0.6) is 0 Å². The minimum Gasteiger partial charge on any atom is -0.330 e. The molecular weight excluding hydrogens is 310 g/mol. The van der Waals surface area contributed by atoms with Gasteiger partial charge in [-0.05, 0) is 31.4 Å². The molecule has 2 aromatic heterocycles. The number of aromatic nitrogens is 3. The van der Waals surface area contributed by atoms with E-state index in [2.05, 4.69) is 10.3 Å². The first kappa shape index (κ1) is 16.4. The van der Waals surface area contributed by atoms with Crippen molar-refractivity contribution in [1.29, 1.82) is 0 Å². The van der Waals surface area contributed by atoms with Gasteiger partial charge in [0.25, 0.3) is 5.56 Å².